The molecule has 0 spiro atoms. The van der Waals surface area contributed by atoms with Crippen LogP contribution in [0.25, 0.3) is 5.78 Å². The molecule has 0 radical (unpaired) electrons. The molecule has 0 saturated heterocycles. The van der Waals surface area contributed by atoms with Crippen molar-refractivity contribution in [2.24, 2.45) is 0 Å². The van der Waals surface area contributed by atoms with Gasteiger partial charge in [0, 0.05) is 17.0 Å². The highest BCUT2D eigenvalue weighted by Crippen LogP contribution is 2.30. The number of rotatable bonds is 4. The molecule has 148 valence electrons. The van der Waals surface area contributed by atoms with E-state index in [-0.39, 0.29) is 18.3 Å². The molecule has 0 bridgehead atoms. The Hall–Kier alpha value is -3.17. The van der Waals surface area contributed by atoms with E-state index in [1.54, 1.807) is 26.8 Å². The van der Waals surface area contributed by atoms with E-state index in [0.717, 1.165) is 12.1 Å². The number of benzene rings is 1. The van der Waals surface area contributed by atoms with Gasteiger partial charge in [-0.15, -0.1) is 5.10 Å². The molecule has 1 amide bonds. The van der Waals surface area contributed by atoms with E-state index >= 15 is 0 Å². The number of nitrogens with one attached hydrogen (secondary N) is 1. The molecule has 1 aromatic carbocycles. The lowest BCUT2D eigenvalue weighted by Crippen LogP contribution is -2.29. The fourth-order valence-electron chi connectivity index (χ4n) is 3.00. The normalized spacial score (nSPS) is 12.9. The van der Waals surface area contributed by atoms with Gasteiger partial charge in [0.15, 0.2) is 0 Å². The number of halogens is 3. The van der Waals surface area contributed by atoms with Gasteiger partial charge in [-0.25, -0.2) is 4.98 Å². The summed E-state index contributed by atoms with van der Waals surface area (Å²) in [5.74, 6) is 0.0779. The number of alkyl halides is 3. The zero-order valence-corrected chi connectivity index (χ0v) is 15.5. The van der Waals surface area contributed by atoms with Crippen molar-refractivity contribution in [3.05, 3.63) is 52.3 Å². The quantitative estimate of drug-likeness (QED) is 0.711. The Morgan fingerprint density at radius 1 is 1.29 bits per heavy atom. The van der Waals surface area contributed by atoms with E-state index in [1.807, 2.05) is 0 Å². The molecule has 2 aromatic heterocycles. The second-order valence-electron chi connectivity index (χ2n) is 6.53. The van der Waals surface area contributed by atoms with E-state index < -0.39 is 17.8 Å². The van der Waals surface area contributed by atoms with Crippen molar-refractivity contribution in [3.8, 4) is 0 Å². The first-order valence-electron chi connectivity index (χ1n) is 8.51. The van der Waals surface area contributed by atoms with Crippen molar-refractivity contribution in [2.45, 2.75) is 39.4 Å². The van der Waals surface area contributed by atoms with Gasteiger partial charge >= 0.3 is 6.18 Å². The molecule has 2 heterocycles. The number of carbonyl (C=O) groups is 1. The van der Waals surface area contributed by atoms with Crippen LogP contribution < -0.4 is 11.1 Å². The lowest BCUT2D eigenvalue weighted by molar-refractivity contribution is -0.137. The summed E-state index contributed by atoms with van der Waals surface area (Å²) in [4.78, 5) is 20.8. The van der Waals surface area contributed by atoms with Crippen LogP contribution in [0.2, 0.25) is 0 Å². The zero-order valence-electron chi connectivity index (χ0n) is 15.5. The van der Waals surface area contributed by atoms with Gasteiger partial charge in [-0.3, -0.25) is 4.79 Å². The average Bonchev–Trinajstić information content (AvgIpc) is 2.98. The van der Waals surface area contributed by atoms with E-state index in [0.29, 0.717) is 28.3 Å². The number of anilines is 1. The SMILES string of the molecule is Cc1nc2nc(N)nn2c(C)c1CC(=O)NC(C)c1cccc(C(F)(F)F)c1. The molecule has 0 aliphatic heterocycles. The second kappa shape index (κ2) is 7.10. The minimum Gasteiger partial charge on any atom is -0.366 e. The van der Waals surface area contributed by atoms with E-state index in [1.165, 1.54) is 10.6 Å². The molecule has 7 nitrogen and oxygen atoms in total. The Morgan fingerprint density at radius 3 is 2.68 bits per heavy atom. The van der Waals surface area contributed by atoms with Crippen LogP contribution in [0.4, 0.5) is 19.1 Å². The van der Waals surface area contributed by atoms with Gasteiger partial charge in [0.25, 0.3) is 5.78 Å². The maximum atomic E-state index is 12.9. The third-order valence-electron chi connectivity index (χ3n) is 4.49. The highest BCUT2D eigenvalue weighted by atomic mass is 19.4. The summed E-state index contributed by atoms with van der Waals surface area (Å²) >= 11 is 0. The maximum Gasteiger partial charge on any atom is 0.416 e. The first-order chi connectivity index (χ1) is 13.1. The summed E-state index contributed by atoms with van der Waals surface area (Å²) in [5, 5.41) is 6.77. The standard InChI is InChI=1S/C18H19F3N6O/c1-9(12-5-4-6-13(7-12)18(19,20)21)23-15(28)8-14-10(2)24-17-25-16(22)26-27(17)11(14)3/h4-7,9H,8H2,1-3H3,(H2,22,26)(H,23,28). The number of nitrogens with zero attached hydrogens (tertiary/aromatic N) is 4. The summed E-state index contributed by atoms with van der Waals surface area (Å²) in [7, 11) is 0. The van der Waals surface area contributed by atoms with Crippen molar-refractivity contribution in [2.75, 3.05) is 5.73 Å². The number of carbonyl (C=O) groups excluding carboxylic acids is 1. The molecular formula is C18H19F3N6O. The van der Waals surface area contributed by atoms with Gasteiger partial charge in [-0.1, -0.05) is 12.1 Å². The zero-order chi connectivity index (χ0) is 20.6. The minimum absolute atomic E-state index is 0.00364. The smallest absolute Gasteiger partial charge is 0.366 e. The predicted octanol–water partition coefficient (Wildman–Crippen LogP) is 2.76. The largest absolute Gasteiger partial charge is 0.416 e. The van der Waals surface area contributed by atoms with Crippen LogP contribution in [-0.2, 0) is 17.4 Å². The van der Waals surface area contributed by atoms with Crippen molar-refractivity contribution >= 4 is 17.6 Å². The van der Waals surface area contributed by atoms with Crippen molar-refractivity contribution in [1.29, 1.82) is 0 Å². The first-order valence-corrected chi connectivity index (χ1v) is 8.51. The predicted molar refractivity (Wildman–Crippen MR) is 96.4 cm³/mol. The maximum absolute atomic E-state index is 12.9. The highest BCUT2D eigenvalue weighted by molar-refractivity contribution is 5.79. The fourth-order valence-corrected chi connectivity index (χ4v) is 3.00. The Kier molecular flexibility index (Phi) is 4.97. The Morgan fingerprint density at radius 2 is 2.00 bits per heavy atom. The summed E-state index contributed by atoms with van der Waals surface area (Å²) in [6.07, 6.45) is -4.43. The number of amides is 1. The third kappa shape index (κ3) is 3.90. The van der Waals surface area contributed by atoms with Gasteiger partial charge in [0.05, 0.1) is 18.0 Å². The topological polar surface area (TPSA) is 98.2 Å². The van der Waals surface area contributed by atoms with Gasteiger partial charge in [-0.2, -0.15) is 22.7 Å². The molecule has 1 atom stereocenters. The lowest BCUT2D eigenvalue weighted by Gasteiger charge is -2.17. The van der Waals surface area contributed by atoms with Crippen LogP contribution in [0.5, 0.6) is 0 Å². The van der Waals surface area contributed by atoms with Crippen LogP contribution in [0.1, 0.15) is 41.0 Å². The minimum atomic E-state index is -4.44. The molecule has 3 rings (SSSR count). The third-order valence-corrected chi connectivity index (χ3v) is 4.49. The molecular weight excluding hydrogens is 373 g/mol. The van der Waals surface area contributed by atoms with Crippen LogP contribution in [0, 0.1) is 13.8 Å². The lowest BCUT2D eigenvalue weighted by atomic mass is 10.0. The Labute approximate surface area is 158 Å². The van der Waals surface area contributed by atoms with Gasteiger partial charge in [0.2, 0.25) is 11.9 Å². The van der Waals surface area contributed by atoms with Crippen molar-refractivity contribution in [3.63, 3.8) is 0 Å². The second-order valence-corrected chi connectivity index (χ2v) is 6.53. The molecule has 0 fully saturated rings. The highest BCUT2D eigenvalue weighted by Gasteiger charge is 2.30. The molecule has 10 heteroatoms. The molecule has 3 N–H and O–H groups in total. The molecule has 28 heavy (non-hydrogen) atoms. The Balaban J connectivity index is 1.78. The monoisotopic (exact) mass is 392 g/mol. The van der Waals surface area contributed by atoms with Crippen molar-refractivity contribution in [1.82, 2.24) is 24.9 Å². The number of nitrogen functional groups attached to an aromatic ring is 1. The van der Waals surface area contributed by atoms with E-state index in [9.17, 15) is 18.0 Å². The number of fused-ring (bicyclic) bond motifs is 1. The summed E-state index contributed by atoms with van der Waals surface area (Å²) in [6.45, 7) is 5.15. The number of nitrogens with two attached hydrogens (primary N) is 1. The number of aromatic nitrogens is 4. The molecule has 0 saturated carbocycles. The van der Waals surface area contributed by atoms with Crippen LogP contribution in [0.3, 0.4) is 0 Å². The molecule has 0 aliphatic carbocycles. The van der Waals surface area contributed by atoms with E-state index in [2.05, 4.69) is 20.4 Å². The summed E-state index contributed by atoms with van der Waals surface area (Å²) in [5.41, 5.74) is 7.15. The first kappa shape index (κ1) is 19.6. The number of hydrogen-bond donors (Lipinski definition) is 2. The van der Waals surface area contributed by atoms with Gasteiger partial charge in [-0.05, 0) is 38.5 Å². The summed E-state index contributed by atoms with van der Waals surface area (Å²) < 4.78 is 40.1. The van der Waals surface area contributed by atoms with Crippen molar-refractivity contribution < 1.29 is 18.0 Å². The van der Waals surface area contributed by atoms with E-state index in [4.69, 9.17) is 5.73 Å². The van der Waals surface area contributed by atoms with Crippen LogP contribution >= 0.6 is 0 Å². The number of aryl methyl sites for hydroxylation is 2. The van der Waals surface area contributed by atoms with Crippen LogP contribution in [-0.4, -0.2) is 25.5 Å². The average molecular weight is 392 g/mol. The van der Waals surface area contributed by atoms with Gasteiger partial charge in [0.1, 0.15) is 0 Å². The fraction of sp³-hybridized carbons (Fsp3) is 0.333. The Bertz CT molecular complexity index is 1040. The summed E-state index contributed by atoms with van der Waals surface area (Å²) in [6, 6.07) is 4.31. The molecule has 1 unspecified atom stereocenters. The molecule has 3 aromatic rings. The molecule has 0 aliphatic rings. The van der Waals surface area contributed by atoms with Gasteiger partial charge < -0.3 is 11.1 Å². The van der Waals surface area contributed by atoms with Crippen LogP contribution in [0.15, 0.2) is 24.3 Å². The number of hydrogen-bond acceptors (Lipinski definition) is 5.